The first kappa shape index (κ1) is 19.6. The van der Waals surface area contributed by atoms with Crippen LogP contribution in [0.4, 0.5) is 8.78 Å². The SMILES string of the molecule is O=C(NCC1CCC(F)(F)CC1)c1cn(CCOC2CC2)c2cccc(Cl)c12. The first-order chi connectivity index (χ1) is 13.4. The van der Waals surface area contributed by atoms with Gasteiger partial charge in [0.25, 0.3) is 5.91 Å². The highest BCUT2D eigenvalue weighted by molar-refractivity contribution is 6.36. The molecule has 1 heterocycles. The lowest BCUT2D eigenvalue weighted by molar-refractivity contribution is -0.0452. The number of aromatic nitrogens is 1. The van der Waals surface area contributed by atoms with Gasteiger partial charge in [0, 0.05) is 37.5 Å². The minimum atomic E-state index is -2.55. The van der Waals surface area contributed by atoms with Gasteiger partial charge >= 0.3 is 0 Å². The van der Waals surface area contributed by atoms with Crippen LogP contribution in [0.3, 0.4) is 0 Å². The molecule has 0 saturated heterocycles. The summed E-state index contributed by atoms with van der Waals surface area (Å²) in [5.41, 5.74) is 1.42. The molecule has 2 aliphatic rings. The zero-order valence-electron chi connectivity index (χ0n) is 15.7. The van der Waals surface area contributed by atoms with Crippen molar-refractivity contribution in [1.29, 1.82) is 0 Å². The number of alkyl halides is 2. The summed E-state index contributed by atoms with van der Waals surface area (Å²) in [5.74, 6) is -2.67. The van der Waals surface area contributed by atoms with E-state index < -0.39 is 5.92 Å². The molecule has 2 fully saturated rings. The Morgan fingerprint density at radius 1 is 1.25 bits per heavy atom. The summed E-state index contributed by atoms with van der Waals surface area (Å²) in [7, 11) is 0. The predicted molar refractivity (Wildman–Crippen MR) is 105 cm³/mol. The molecule has 1 aromatic carbocycles. The molecule has 0 spiro atoms. The van der Waals surface area contributed by atoms with Gasteiger partial charge in [0.2, 0.25) is 5.92 Å². The fourth-order valence-electron chi connectivity index (χ4n) is 3.85. The molecular weight excluding hydrogens is 386 g/mol. The van der Waals surface area contributed by atoms with Crippen LogP contribution in [0.2, 0.25) is 5.02 Å². The fourth-order valence-corrected chi connectivity index (χ4v) is 4.13. The van der Waals surface area contributed by atoms with Gasteiger partial charge in [0.1, 0.15) is 0 Å². The van der Waals surface area contributed by atoms with E-state index in [0.29, 0.717) is 49.2 Å². The van der Waals surface area contributed by atoms with Crippen molar-refractivity contribution in [1.82, 2.24) is 9.88 Å². The zero-order chi connectivity index (χ0) is 19.7. The number of benzene rings is 1. The van der Waals surface area contributed by atoms with Gasteiger partial charge in [-0.05, 0) is 43.7 Å². The van der Waals surface area contributed by atoms with E-state index in [4.69, 9.17) is 16.3 Å². The fraction of sp³-hybridized carbons (Fsp3) is 0.571. The third-order valence-corrected chi connectivity index (χ3v) is 6.01. The standard InChI is InChI=1S/C21H25ClF2N2O2/c22-17-2-1-3-18-19(17)16(13-26(18)10-11-28-15-4-5-15)20(27)25-12-14-6-8-21(23,24)9-7-14/h1-3,13-15H,4-12H2,(H,25,27). The van der Waals surface area contributed by atoms with Crippen molar-refractivity contribution >= 4 is 28.4 Å². The maximum Gasteiger partial charge on any atom is 0.253 e. The average molecular weight is 411 g/mol. The van der Waals surface area contributed by atoms with E-state index in [1.807, 2.05) is 22.9 Å². The van der Waals surface area contributed by atoms with Gasteiger partial charge in [-0.2, -0.15) is 0 Å². The van der Waals surface area contributed by atoms with Crippen molar-refractivity contribution in [3.05, 3.63) is 35.0 Å². The first-order valence-electron chi connectivity index (χ1n) is 9.98. The quantitative estimate of drug-likeness (QED) is 0.695. The minimum Gasteiger partial charge on any atom is -0.376 e. The molecule has 152 valence electrons. The number of rotatable bonds is 7. The molecule has 1 aromatic heterocycles. The largest absolute Gasteiger partial charge is 0.376 e. The van der Waals surface area contributed by atoms with Crippen LogP contribution in [0.15, 0.2) is 24.4 Å². The van der Waals surface area contributed by atoms with Crippen LogP contribution >= 0.6 is 11.6 Å². The van der Waals surface area contributed by atoms with E-state index in [9.17, 15) is 13.6 Å². The van der Waals surface area contributed by atoms with E-state index in [2.05, 4.69) is 5.32 Å². The smallest absolute Gasteiger partial charge is 0.253 e. The highest BCUT2D eigenvalue weighted by atomic mass is 35.5. The van der Waals surface area contributed by atoms with Crippen molar-refractivity contribution in [2.24, 2.45) is 5.92 Å². The monoisotopic (exact) mass is 410 g/mol. The maximum absolute atomic E-state index is 13.3. The summed E-state index contributed by atoms with van der Waals surface area (Å²) in [4.78, 5) is 12.8. The van der Waals surface area contributed by atoms with Crippen molar-refractivity contribution in [2.45, 2.75) is 57.1 Å². The Morgan fingerprint density at radius 2 is 2.00 bits per heavy atom. The van der Waals surface area contributed by atoms with Gasteiger partial charge in [-0.3, -0.25) is 4.79 Å². The molecule has 2 saturated carbocycles. The minimum absolute atomic E-state index is 0.0966. The Labute approximate surface area is 168 Å². The lowest BCUT2D eigenvalue weighted by atomic mass is 9.87. The number of carbonyl (C=O) groups is 1. The number of nitrogens with one attached hydrogen (secondary N) is 1. The highest BCUT2D eigenvalue weighted by Gasteiger charge is 2.35. The highest BCUT2D eigenvalue weighted by Crippen LogP contribution is 2.36. The van der Waals surface area contributed by atoms with Gasteiger partial charge in [0.05, 0.1) is 28.8 Å². The van der Waals surface area contributed by atoms with Gasteiger partial charge in [-0.15, -0.1) is 0 Å². The molecule has 0 atom stereocenters. The van der Waals surface area contributed by atoms with Crippen LogP contribution in [0, 0.1) is 5.92 Å². The molecule has 7 heteroatoms. The van der Waals surface area contributed by atoms with Crippen LogP contribution in [-0.2, 0) is 11.3 Å². The Hall–Kier alpha value is -1.66. The van der Waals surface area contributed by atoms with Crippen LogP contribution in [0.1, 0.15) is 48.9 Å². The molecule has 4 nitrogen and oxygen atoms in total. The molecule has 1 N–H and O–H groups in total. The molecule has 2 aromatic rings. The maximum atomic E-state index is 13.3. The number of hydrogen-bond acceptors (Lipinski definition) is 2. The molecule has 28 heavy (non-hydrogen) atoms. The number of carbonyl (C=O) groups excluding carboxylic acids is 1. The second-order valence-corrected chi connectivity index (χ2v) is 8.36. The Balaban J connectivity index is 1.45. The lowest BCUT2D eigenvalue weighted by Gasteiger charge is -2.28. The zero-order valence-corrected chi connectivity index (χ0v) is 16.5. The second-order valence-electron chi connectivity index (χ2n) is 7.95. The van der Waals surface area contributed by atoms with E-state index >= 15 is 0 Å². The van der Waals surface area contributed by atoms with Gasteiger partial charge in [-0.1, -0.05) is 17.7 Å². The van der Waals surface area contributed by atoms with Gasteiger partial charge < -0.3 is 14.6 Å². The van der Waals surface area contributed by atoms with Gasteiger partial charge in [-0.25, -0.2) is 8.78 Å². The van der Waals surface area contributed by atoms with Crippen molar-refractivity contribution in [2.75, 3.05) is 13.2 Å². The summed E-state index contributed by atoms with van der Waals surface area (Å²) in [6.07, 6.45) is 5.13. The summed E-state index contributed by atoms with van der Waals surface area (Å²) >= 11 is 6.39. The number of nitrogens with zero attached hydrogens (tertiary/aromatic N) is 1. The molecule has 0 radical (unpaired) electrons. The lowest BCUT2D eigenvalue weighted by Crippen LogP contribution is -2.33. The Kier molecular flexibility index (Phi) is 5.61. The molecule has 0 bridgehead atoms. The van der Waals surface area contributed by atoms with Crippen LogP contribution in [0.25, 0.3) is 10.9 Å². The number of halogens is 3. The Morgan fingerprint density at radius 3 is 2.71 bits per heavy atom. The van der Waals surface area contributed by atoms with Crippen molar-refractivity contribution in [3.8, 4) is 0 Å². The molecular formula is C21H25ClF2N2O2. The predicted octanol–water partition coefficient (Wildman–Crippen LogP) is 5.03. The van der Waals surface area contributed by atoms with Crippen molar-refractivity contribution < 1.29 is 18.3 Å². The molecule has 0 unspecified atom stereocenters. The van der Waals surface area contributed by atoms with E-state index in [1.54, 1.807) is 6.07 Å². The molecule has 4 rings (SSSR count). The third kappa shape index (κ3) is 4.49. The average Bonchev–Trinajstić information content (AvgIpc) is 3.41. The van der Waals surface area contributed by atoms with Crippen LogP contribution < -0.4 is 5.32 Å². The number of amides is 1. The summed E-state index contributed by atoms with van der Waals surface area (Å²) in [6.45, 7) is 1.66. The number of hydrogen-bond donors (Lipinski definition) is 1. The van der Waals surface area contributed by atoms with E-state index in [1.165, 1.54) is 0 Å². The summed E-state index contributed by atoms with van der Waals surface area (Å²) in [6, 6.07) is 5.58. The van der Waals surface area contributed by atoms with Gasteiger partial charge in [0.15, 0.2) is 0 Å². The third-order valence-electron chi connectivity index (χ3n) is 5.70. The van der Waals surface area contributed by atoms with E-state index in [0.717, 1.165) is 23.7 Å². The topological polar surface area (TPSA) is 43.3 Å². The summed E-state index contributed by atoms with van der Waals surface area (Å²) in [5, 5.41) is 4.18. The van der Waals surface area contributed by atoms with Crippen LogP contribution in [0.5, 0.6) is 0 Å². The van der Waals surface area contributed by atoms with Crippen molar-refractivity contribution in [3.63, 3.8) is 0 Å². The Bertz CT molecular complexity index is 853. The molecule has 1 amide bonds. The summed E-state index contributed by atoms with van der Waals surface area (Å²) < 4.78 is 34.3. The van der Waals surface area contributed by atoms with Crippen LogP contribution in [-0.4, -0.2) is 35.7 Å². The number of fused-ring (bicyclic) bond motifs is 1. The molecule has 0 aliphatic heterocycles. The molecule has 2 aliphatic carbocycles. The first-order valence-corrected chi connectivity index (χ1v) is 10.4. The second kappa shape index (κ2) is 7.99. The number of ether oxygens (including phenoxy) is 1. The van der Waals surface area contributed by atoms with E-state index in [-0.39, 0.29) is 24.7 Å². The normalized spacial score (nSPS) is 19.8.